The van der Waals surface area contributed by atoms with Crippen LogP contribution in [0.15, 0.2) is 67.8 Å². The number of carbonyl (C=O) groups excluding carboxylic acids is 1. The minimum atomic E-state index is -0.124. The standard InChI is InChI=1S/C18H16N4O/c1-13(16-5-3-4-6-17(16)18(23)19-2)14-7-9-15(10-8-14)22-12-20-11-21-22/h3-12H,1H2,2H3,(H,19,23). The molecule has 1 aromatic heterocycles. The van der Waals surface area contributed by atoms with E-state index in [4.69, 9.17) is 0 Å². The largest absolute Gasteiger partial charge is 0.355 e. The van der Waals surface area contributed by atoms with Crippen molar-refractivity contribution in [1.82, 2.24) is 20.1 Å². The van der Waals surface area contributed by atoms with Crippen molar-refractivity contribution >= 4 is 11.5 Å². The van der Waals surface area contributed by atoms with Crippen molar-refractivity contribution in [2.75, 3.05) is 7.05 Å². The van der Waals surface area contributed by atoms with Gasteiger partial charge in [0.05, 0.1) is 5.69 Å². The monoisotopic (exact) mass is 304 g/mol. The molecule has 0 bridgehead atoms. The van der Waals surface area contributed by atoms with Crippen LogP contribution in [-0.4, -0.2) is 27.7 Å². The molecule has 0 fully saturated rings. The fraction of sp³-hybridized carbons (Fsp3) is 0.0556. The van der Waals surface area contributed by atoms with E-state index in [-0.39, 0.29) is 5.91 Å². The summed E-state index contributed by atoms with van der Waals surface area (Å²) in [6.07, 6.45) is 3.14. The zero-order chi connectivity index (χ0) is 16.2. The number of carbonyl (C=O) groups is 1. The highest BCUT2D eigenvalue weighted by Crippen LogP contribution is 2.25. The lowest BCUT2D eigenvalue weighted by Crippen LogP contribution is -2.19. The Morgan fingerprint density at radius 1 is 1.09 bits per heavy atom. The second-order valence-corrected chi connectivity index (χ2v) is 4.99. The molecule has 0 aliphatic rings. The van der Waals surface area contributed by atoms with Gasteiger partial charge in [-0.05, 0) is 34.9 Å². The summed E-state index contributed by atoms with van der Waals surface area (Å²) < 4.78 is 1.69. The van der Waals surface area contributed by atoms with Gasteiger partial charge in [-0.2, -0.15) is 5.10 Å². The molecule has 1 amide bonds. The lowest BCUT2D eigenvalue weighted by Gasteiger charge is -2.12. The van der Waals surface area contributed by atoms with Gasteiger partial charge in [-0.1, -0.05) is 36.9 Å². The highest BCUT2D eigenvalue weighted by Gasteiger charge is 2.12. The van der Waals surface area contributed by atoms with E-state index in [0.29, 0.717) is 5.56 Å². The summed E-state index contributed by atoms with van der Waals surface area (Å²) in [7, 11) is 1.62. The number of hydrogen-bond donors (Lipinski definition) is 1. The molecule has 1 N–H and O–H groups in total. The Morgan fingerprint density at radius 3 is 2.39 bits per heavy atom. The molecule has 0 aliphatic carbocycles. The number of nitrogens with one attached hydrogen (secondary N) is 1. The van der Waals surface area contributed by atoms with Gasteiger partial charge in [0.15, 0.2) is 0 Å². The predicted octanol–water partition coefficient (Wildman–Crippen LogP) is 2.69. The summed E-state index contributed by atoms with van der Waals surface area (Å²) in [6.45, 7) is 4.15. The summed E-state index contributed by atoms with van der Waals surface area (Å²) in [4.78, 5) is 15.9. The van der Waals surface area contributed by atoms with Crippen LogP contribution in [-0.2, 0) is 0 Å². The Bertz CT molecular complexity index is 836. The molecular weight excluding hydrogens is 288 g/mol. The number of amides is 1. The van der Waals surface area contributed by atoms with Gasteiger partial charge in [0.1, 0.15) is 12.7 Å². The maximum Gasteiger partial charge on any atom is 0.251 e. The Labute approximate surface area is 134 Å². The first kappa shape index (κ1) is 14.7. The molecule has 3 rings (SSSR count). The van der Waals surface area contributed by atoms with Crippen LogP contribution >= 0.6 is 0 Å². The summed E-state index contributed by atoms with van der Waals surface area (Å²) in [6, 6.07) is 15.2. The molecule has 3 aromatic rings. The summed E-state index contributed by atoms with van der Waals surface area (Å²) in [5, 5.41) is 6.75. The third-order valence-corrected chi connectivity index (χ3v) is 3.62. The molecule has 114 valence electrons. The van der Waals surface area contributed by atoms with E-state index < -0.39 is 0 Å². The topological polar surface area (TPSA) is 59.8 Å². The fourth-order valence-electron chi connectivity index (χ4n) is 2.39. The van der Waals surface area contributed by atoms with Gasteiger partial charge in [-0.3, -0.25) is 4.79 Å². The van der Waals surface area contributed by atoms with Gasteiger partial charge >= 0.3 is 0 Å². The Hall–Kier alpha value is -3.21. The molecule has 0 atom stereocenters. The first-order valence-electron chi connectivity index (χ1n) is 7.16. The van der Waals surface area contributed by atoms with Crippen molar-refractivity contribution in [1.29, 1.82) is 0 Å². The number of hydrogen-bond acceptors (Lipinski definition) is 3. The van der Waals surface area contributed by atoms with Crippen molar-refractivity contribution in [3.05, 3.63) is 84.5 Å². The van der Waals surface area contributed by atoms with Crippen LogP contribution in [0.25, 0.3) is 11.3 Å². The van der Waals surface area contributed by atoms with E-state index >= 15 is 0 Å². The molecule has 0 aliphatic heterocycles. The maximum atomic E-state index is 12.0. The maximum absolute atomic E-state index is 12.0. The van der Waals surface area contributed by atoms with Crippen LogP contribution in [0.5, 0.6) is 0 Å². The van der Waals surface area contributed by atoms with Gasteiger partial charge in [0, 0.05) is 12.6 Å². The summed E-state index contributed by atoms with van der Waals surface area (Å²) in [5.41, 5.74) is 4.10. The molecule has 0 spiro atoms. The molecule has 5 heteroatoms. The van der Waals surface area contributed by atoms with E-state index in [1.807, 2.05) is 42.5 Å². The van der Waals surface area contributed by atoms with Gasteiger partial charge in [-0.15, -0.1) is 0 Å². The first-order valence-corrected chi connectivity index (χ1v) is 7.16. The molecule has 0 saturated heterocycles. The van der Waals surface area contributed by atoms with E-state index in [9.17, 15) is 4.79 Å². The lowest BCUT2D eigenvalue weighted by molar-refractivity contribution is 0.0963. The van der Waals surface area contributed by atoms with E-state index in [1.54, 1.807) is 24.1 Å². The van der Waals surface area contributed by atoms with E-state index in [1.165, 1.54) is 6.33 Å². The smallest absolute Gasteiger partial charge is 0.251 e. The van der Waals surface area contributed by atoms with Crippen LogP contribution in [0.1, 0.15) is 21.5 Å². The Kier molecular flexibility index (Phi) is 4.01. The zero-order valence-electron chi connectivity index (χ0n) is 12.7. The number of aromatic nitrogens is 3. The van der Waals surface area contributed by atoms with Crippen molar-refractivity contribution < 1.29 is 4.79 Å². The van der Waals surface area contributed by atoms with Crippen LogP contribution in [0.4, 0.5) is 0 Å². The Balaban J connectivity index is 1.94. The third-order valence-electron chi connectivity index (χ3n) is 3.62. The van der Waals surface area contributed by atoms with Crippen LogP contribution in [0.2, 0.25) is 0 Å². The highest BCUT2D eigenvalue weighted by atomic mass is 16.1. The van der Waals surface area contributed by atoms with Crippen LogP contribution < -0.4 is 5.32 Å². The second-order valence-electron chi connectivity index (χ2n) is 4.99. The van der Waals surface area contributed by atoms with Crippen LogP contribution in [0, 0.1) is 0 Å². The average Bonchev–Trinajstić information content (AvgIpc) is 3.15. The van der Waals surface area contributed by atoms with Crippen molar-refractivity contribution in [3.8, 4) is 5.69 Å². The average molecular weight is 304 g/mol. The third kappa shape index (κ3) is 2.89. The molecule has 1 heterocycles. The van der Waals surface area contributed by atoms with Crippen molar-refractivity contribution in [2.24, 2.45) is 0 Å². The molecule has 5 nitrogen and oxygen atoms in total. The number of nitrogens with zero attached hydrogens (tertiary/aromatic N) is 3. The normalized spacial score (nSPS) is 10.3. The molecule has 0 unspecified atom stereocenters. The van der Waals surface area contributed by atoms with E-state index in [2.05, 4.69) is 22.0 Å². The van der Waals surface area contributed by atoms with Crippen molar-refractivity contribution in [3.63, 3.8) is 0 Å². The lowest BCUT2D eigenvalue weighted by atomic mass is 9.94. The minimum absolute atomic E-state index is 0.124. The second kappa shape index (κ2) is 6.27. The number of benzene rings is 2. The summed E-state index contributed by atoms with van der Waals surface area (Å²) >= 11 is 0. The fourth-order valence-corrected chi connectivity index (χ4v) is 2.39. The van der Waals surface area contributed by atoms with Crippen molar-refractivity contribution in [2.45, 2.75) is 0 Å². The molecule has 23 heavy (non-hydrogen) atoms. The van der Waals surface area contributed by atoms with Gasteiger partial charge in [0.25, 0.3) is 5.91 Å². The predicted molar refractivity (Wildman–Crippen MR) is 89.3 cm³/mol. The SMILES string of the molecule is C=C(c1ccc(-n2cncn2)cc1)c1ccccc1C(=O)NC. The molecule has 0 saturated carbocycles. The van der Waals surface area contributed by atoms with Gasteiger partial charge < -0.3 is 5.32 Å². The highest BCUT2D eigenvalue weighted by molar-refractivity contribution is 6.00. The van der Waals surface area contributed by atoms with Gasteiger partial charge in [-0.25, -0.2) is 9.67 Å². The molecule has 0 radical (unpaired) electrons. The minimum Gasteiger partial charge on any atom is -0.355 e. The number of rotatable bonds is 4. The summed E-state index contributed by atoms with van der Waals surface area (Å²) in [5.74, 6) is -0.124. The van der Waals surface area contributed by atoms with Gasteiger partial charge in [0.2, 0.25) is 0 Å². The zero-order valence-corrected chi connectivity index (χ0v) is 12.7. The first-order chi connectivity index (χ1) is 11.2. The Morgan fingerprint density at radius 2 is 1.78 bits per heavy atom. The van der Waals surface area contributed by atoms with E-state index in [0.717, 1.165) is 22.4 Å². The molecule has 2 aromatic carbocycles. The quantitative estimate of drug-likeness (QED) is 0.806. The van der Waals surface area contributed by atoms with Crippen LogP contribution in [0.3, 0.4) is 0 Å². The molecular formula is C18H16N4O.